The predicted molar refractivity (Wildman–Crippen MR) is 86.9 cm³/mol. The summed E-state index contributed by atoms with van der Waals surface area (Å²) < 4.78 is 0. The zero-order chi connectivity index (χ0) is 15.8. The fourth-order valence-electron chi connectivity index (χ4n) is 2.49. The standard InChI is InChI=1S/C17H28N2O2/c1-5-8-9-10-12(4)18-16(20)14-11-13(6-2)15(7-3)19-17(14)21/h11-12H,5-10H2,1-4H3,(H,18,20)(H,19,21)/t12-/m1/s1. The Morgan fingerprint density at radius 2 is 1.95 bits per heavy atom. The van der Waals surface area contributed by atoms with Crippen molar-refractivity contribution in [1.82, 2.24) is 10.3 Å². The van der Waals surface area contributed by atoms with E-state index in [-0.39, 0.29) is 23.1 Å². The molecule has 0 spiro atoms. The van der Waals surface area contributed by atoms with E-state index >= 15 is 0 Å². The van der Waals surface area contributed by atoms with E-state index in [9.17, 15) is 9.59 Å². The molecule has 0 aliphatic rings. The van der Waals surface area contributed by atoms with Crippen molar-refractivity contribution < 1.29 is 4.79 Å². The molecule has 0 radical (unpaired) electrons. The van der Waals surface area contributed by atoms with Crippen LogP contribution in [0.3, 0.4) is 0 Å². The zero-order valence-corrected chi connectivity index (χ0v) is 13.7. The molecule has 4 heteroatoms. The first-order chi connectivity index (χ1) is 10.0. The van der Waals surface area contributed by atoms with Crippen molar-refractivity contribution >= 4 is 5.91 Å². The van der Waals surface area contributed by atoms with E-state index in [1.165, 1.54) is 12.8 Å². The van der Waals surface area contributed by atoms with Gasteiger partial charge in [0.2, 0.25) is 0 Å². The molecule has 1 rings (SSSR count). The highest BCUT2D eigenvalue weighted by Gasteiger charge is 2.15. The van der Waals surface area contributed by atoms with Crippen LogP contribution in [0.4, 0.5) is 0 Å². The van der Waals surface area contributed by atoms with E-state index in [0.717, 1.165) is 36.9 Å². The summed E-state index contributed by atoms with van der Waals surface area (Å²) in [6.07, 6.45) is 5.97. The summed E-state index contributed by atoms with van der Waals surface area (Å²) in [5, 5.41) is 2.93. The van der Waals surface area contributed by atoms with Crippen LogP contribution in [0, 0.1) is 0 Å². The highest BCUT2D eigenvalue weighted by Crippen LogP contribution is 2.09. The van der Waals surface area contributed by atoms with Crippen molar-refractivity contribution in [3.63, 3.8) is 0 Å². The Balaban J connectivity index is 2.80. The number of nitrogens with one attached hydrogen (secondary N) is 2. The highest BCUT2D eigenvalue weighted by molar-refractivity contribution is 5.94. The van der Waals surface area contributed by atoms with Crippen LogP contribution >= 0.6 is 0 Å². The SMILES string of the molecule is CCCCC[C@@H](C)NC(=O)c1cc(CC)c(CC)[nH]c1=O. The van der Waals surface area contributed by atoms with Crippen molar-refractivity contribution in [1.29, 1.82) is 0 Å². The minimum atomic E-state index is -0.290. The third-order valence-electron chi connectivity index (χ3n) is 3.81. The Morgan fingerprint density at radius 3 is 2.52 bits per heavy atom. The Kier molecular flexibility index (Phi) is 7.20. The van der Waals surface area contributed by atoms with Gasteiger partial charge in [-0.15, -0.1) is 0 Å². The van der Waals surface area contributed by atoms with Crippen molar-refractivity contribution in [2.24, 2.45) is 0 Å². The number of pyridine rings is 1. The van der Waals surface area contributed by atoms with Gasteiger partial charge in [0.1, 0.15) is 5.56 Å². The third-order valence-corrected chi connectivity index (χ3v) is 3.81. The molecule has 4 nitrogen and oxygen atoms in total. The zero-order valence-electron chi connectivity index (χ0n) is 13.7. The lowest BCUT2D eigenvalue weighted by Crippen LogP contribution is -2.36. The summed E-state index contributed by atoms with van der Waals surface area (Å²) in [6.45, 7) is 8.18. The maximum absolute atomic E-state index is 12.2. The molecule has 0 bridgehead atoms. The van der Waals surface area contributed by atoms with Crippen LogP contribution in [0.25, 0.3) is 0 Å². The average Bonchev–Trinajstić information content (AvgIpc) is 2.46. The number of carbonyl (C=O) groups excluding carboxylic acids is 1. The van der Waals surface area contributed by atoms with Gasteiger partial charge in [-0.25, -0.2) is 0 Å². The molecule has 1 aromatic heterocycles. The average molecular weight is 292 g/mol. The number of aromatic nitrogens is 1. The lowest BCUT2D eigenvalue weighted by Gasteiger charge is -2.14. The van der Waals surface area contributed by atoms with Gasteiger partial charge in [0.15, 0.2) is 0 Å². The molecule has 1 heterocycles. The molecule has 0 saturated carbocycles. The summed E-state index contributed by atoms with van der Waals surface area (Å²) in [7, 11) is 0. The van der Waals surface area contributed by atoms with E-state index in [1.807, 2.05) is 20.8 Å². The molecule has 0 aromatic carbocycles. The molecule has 118 valence electrons. The smallest absolute Gasteiger partial charge is 0.261 e. The minimum absolute atomic E-state index is 0.0966. The second kappa shape index (κ2) is 8.65. The second-order valence-corrected chi connectivity index (χ2v) is 5.59. The van der Waals surface area contributed by atoms with Crippen molar-refractivity contribution in [2.45, 2.75) is 72.3 Å². The Hall–Kier alpha value is -1.58. The van der Waals surface area contributed by atoms with Gasteiger partial charge in [-0.3, -0.25) is 9.59 Å². The molecule has 2 N–H and O–H groups in total. The Labute approximate surface area is 127 Å². The molecular weight excluding hydrogens is 264 g/mol. The van der Waals surface area contributed by atoms with Gasteiger partial charge in [0.25, 0.3) is 11.5 Å². The Morgan fingerprint density at radius 1 is 1.24 bits per heavy atom. The van der Waals surface area contributed by atoms with E-state index in [0.29, 0.717) is 0 Å². The van der Waals surface area contributed by atoms with Crippen molar-refractivity contribution in [3.8, 4) is 0 Å². The molecule has 1 atom stereocenters. The van der Waals surface area contributed by atoms with Gasteiger partial charge < -0.3 is 10.3 Å². The minimum Gasteiger partial charge on any atom is -0.349 e. The van der Waals surface area contributed by atoms with Crippen LogP contribution in [-0.4, -0.2) is 16.9 Å². The number of aromatic amines is 1. The van der Waals surface area contributed by atoms with E-state index in [1.54, 1.807) is 6.07 Å². The fraction of sp³-hybridized carbons (Fsp3) is 0.647. The number of carbonyl (C=O) groups is 1. The summed E-state index contributed by atoms with van der Waals surface area (Å²) in [4.78, 5) is 27.1. The fourth-order valence-corrected chi connectivity index (χ4v) is 2.49. The normalized spacial score (nSPS) is 12.2. The maximum atomic E-state index is 12.2. The van der Waals surface area contributed by atoms with Gasteiger partial charge in [0.05, 0.1) is 0 Å². The highest BCUT2D eigenvalue weighted by atomic mass is 16.2. The van der Waals surface area contributed by atoms with Gasteiger partial charge >= 0.3 is 0 Å². The molecule has 0 aliphatic carbocycles. The summed E-state index contributed by atoms with van der Waals surface area (Å²) in [5.41, 5.74) is 1.91. The van der Waals surface area contributed by atoms with Gasteiger partial charge in [-0.1, -0.05) is 40.0 Å². The van der Waals surface area contributed by atoms with Crippen LogP contribution in [0.1, 0.15) is 75.0 Å². The molecule has 0 saturated heterocycles. The Bertz CT molecular complexity index is 520. The van der Waals surface area contributed by atoms with Crippen LogP contribution in [-0.2, 0) is 12.8 Å². The lowest BCUT2D eigenvalue weighted by molar-refractivity contribution is 0.0936. The maximum Gasteiger partial charge on any atom is 0.261 e. The van der Waals surface area contributed by atoms with Crippen LogP contribution in [0.5, 0.6) is 0 Å². The monoisotopic (exact) mass is 292 g/mol. The van der Waals surface area contributed by atoms with E-state index < -0.39 is 0 Å². The quantitative estimate of drug-likeness (QED) is 0.723. The molecule has 1 amide bonds. The molecule has 0 aliphatic heterocycles. The number of unbranched alkanes of at least 4 members (excludes halogenated alkanes) is 2. The topological polar surface area (TPSA) is 62.0 Å². The first kappa shape index (κ1) is 17.5. The van der Waals surface area contributed by atoms with Gasteiger partial charge in [-0.2, -0.15) is 0 Å². The van der Waals surface area contributed by atoms with E-state index in [2.05, 4.69) is 17.2 Å². The molecular formula is C17H28N2O2. The molecule has 21 heavy (non-hydrogen) atoms. The summed E-state index contributed by atoms with van der Waals surface area (Å²) >= 11 is 0. The number of H-pyrrole nitrogens is 1. The number of aryl methyl sites for hydroxylation is 2. The van der Waals surface area contributed by atoms with Gasteiger partial charge in [-0.05, 0) is 37.8 Å². The summed E-state index contributed by atoms with van der Waals surface area (Å²) in [6, 6.07) is 1.84. The van der Waals surface area contributed by atoms with Crippen LogP contribution in [0.2, 0.25) is 0 Å². The number of rotatable bonds is 8. The van der Waals surface area contributed by atoms with Crippen LogP contribution in [0.15, 0.2) is 10.9 Å². The molecule has 0 unspecified atom stereocenters. The van der Waals surface area contributed by atoms with Crippen LogP contribution < -0.4 is 10.9 Å². The number of amides is 1. The lowest BCUT2D eigenvalue weighted by atomic mass is 10.1. The van der Waals surface area contributed by atoms with E-state index in [4.69, 9.17) is 0 Å². The number of hydrogen-bond donors (Lipinski definition) is 2. The second-order valence-electron chi connectivity index (χ2n) is 5.59. The first-order valence-corrected chi connectivity index (χ1v) is 8.09. The first-order valence-electron chi connectivity index (χ1n) is 8.09. The molecule has 1 aromatic rings. The van der Waals surface area contributed by atoms with Crippen molar-refractivity contribution in [3.05, 3.63) is 33.2 Å². The molecule has 0 fully saturated rings. The largest absolute Gasteiger partial charge is 0.349 e. The summed E-state index contributed by atoms with van der Waals surface area (Å²) in [5.74, 6) is -0.266. The number of hydrogen-bond acceptors (Lipinski definition) is 2. The van der Waals surface area contributed by atoms with Gasteiger partial charge in [0, 0.05) is 11.7 Å². The third kappa shape index (κ3) is 5.03. The van der Waals surface area contributed by atoms with Crippen molar-refractivity contribution in [2.75, 3.05) is 0 Å². The predicted octanol–water partition coefficient (Wildman–Crippen LogP) is 3.20.